The van der Waals surface area contributed by atoms with Crippen LogP contribution in [0.25, 0.3) is 0 Å². The summed E-state index contributed by atoms with van der Waals surface area (Å²) in [7, 11) is 0.491. The van der Waals surface area contributed by atoms with Gasteiger partial charge in [0.2, 0.25) is 15.8 Å². The molecule has 11 nitrogen and oxygen atoms in total. The molecule has 0 fully saturated rings. The summed E-state index contributed by atoms with van der Waals surface area (Å²) >= 11 is 0. The molecule has 2 aromatic carbocycles. The summed E-state index contributed by atoms with van der Waals surface area (Å²) in [6.07, 6.45) is 0. The standard InChI is InChI=1S/C21H28N4O7S/c1-7-24(8-2)33(28,29)20-13-16(25(26)27)9-10-17(20)23-22-14(3)15-11-18(30-4)21(32-6)19(12-15)31-5/h9-13,23H,7-8H2,1-6H3. The number of methoxy groups -OCH3 is 3. The van der Waals surface area contributed by atoms with Gasteiger partial charge in [-0.05, 0) is 25.1 Å². The van der Waals surface area contributed by atoms with Crippen LogP contribution in [0.2, 0.25) is 0 Å². The Morgan fingerprint density at radius 2 is 1.64 bits per heavy atom. The number of rotatable bonds is 11. The average Bonchev–Trinajstić information content (AvgIpc) is 2.81. The smallest absolute Gasteiger partial charge is 0.270 e. The number of nitrogens with zero attached hydrogens (tertiary/aromatic N) is 3. The first-order chi connectivity index (χ1) is 15.6. The molecule has 2 rings (SSSR count). The van der Waals surface area contributed by atoms with Crippen molar-refractivity contribution in [1.82, 2.24) is 4.31 Å². The number of non-ortho nitro benzene ring substituents is 1. The van der Waals surface area contributed by atoms with Crippen molar-refractivity contribution in [3.63, 3.8) is 0 Å². The van der Waals surface area contributed by atoms with Crippen LogP contribution < -0.4 is 19.6 Å². The summed E-state index contributed by atoms with van der Waals surface area (Å²) in [5, 5.41) is 15.5. The molecule has 0 unspecified atom stereocenters. The molecule has 0 bridgehead atoms. The SMILES string of the molecule is CCN(CC)S(=O)(=O)c1cc([N+](=O)[O-])ccc1NN=C(C)c1cc(OC)c(OC)c(OC)c1. The lowest BCUT2D eigenvalue weighted by Gasteiger charge is -2.20. The number of benzene rings is 2. The highest BCUT2D eigenvalue weighted by atomic mass is 32.2. The second-order valence-corrected chi connectivity index (χ2v) is 8.66. The van der Waals surface area contributed by atoms with E-state index in [1.807, 2.05) is 0 Å². The van der Waals surface area contributed by atoms with Crippen LogP contribution in [0.1, 0.15) is 26.3 Å². The largest absolute Gasteiger partial charge is 0.493 e. The lowest BCUT2D eigenvalue weighted by Crippen LogP contribution is -2.31. The van der Waals surface area contributed by atoms with Crippen LogP contribution >= 0.6 is 0 Å². The Bertz CT molecular complexity index is 1120. The highest BCUT2D eigenvalue weighted by Gasteiger charge is 2.27. The lowest BCUT2D eigenvalue weighted by atomic mass is 10.1. The molecular weight excluding hydrogens is 452 g/mol. The summed E-state index contributed by atoms with van der Waals surface area (Å²) in [5.74, 6) is 1.29. The fraction of sp³-hybridized carbons (Fsp3) is 0.381. The van der Waals surface area contributed by atoms with E-state index in [0.717, 1.165) is 6.07 Å². The molecule has 0 saturated heterocycles. The minimum Gasteiger partial charge on any atom is -0.493 e. The summed E-state index contributed by atoms with van der Waals surface area (Å²) < 4.78 is 43.5. The first-order valence-electron chi connectivity index (χ1n) is 10.0. The first-order valence-corrected chi connectivity index (χ1v) is 11.5. The highest BCUT2D eigenvalue weighted by molar-refractivity contribution is 7.89. The van der Waals surface area contributed by atoms with E-state index in [-0.39, 0.29) is 29.4 Å². The number of hydrazone groups is 1. The zero-order valence-electron chi connectivity index (χ0n) is 19.4. The second kappa shape index (κ2) is 11.0. The summed E-state index contributed by atoms with van der Waals surface area (Å²) in [4.78, 5) is 10.4. The van der Waals surface area contributed by atoms with Crippen LogP contribution in [-0.4, -0.2) is 57.8 Å². The van der Waals surface area contributed by atoms with Gasteiger partial charge >= 0.3 is 0 Å². The third kappa shape index (κ3) is 5.52. The zero-order chi connectivity index (χ0) is 24.8. The summed E-state index contributed by atoms with van der Waals surface area (Å²) in [6, 6.07) is 6.96. The number of nitro groups is 1. The average molecular weight is 481 g/mol. The normalized spacial score (nSPS) is 11.9. The Morgan fingerprint density at radius 1 is 1.06 bits per heavy atom. The monoisotopic (exact) mass is 480 g/mol. The van der Waals surface area contributed by atoms with Crippen LogP contribution in [0.5, 0.6) is 17.2 Å². The molecular formula is C21H28N4O7S. The molecule has 12 heteroatoms. The van der Waals surface area contributed by atoms with Gasteiger partial charge in [-0.2, -0.15) is 9.41 Å². The Hall–Kier alpha value is -3.38. The van der Waals surface area contributed by atoms with Crippen molar-refractivity contribution in [3.8, 4) is 17.2 Å². The van der Waals surface area contributed by atoms with Gasteiger partial charge in [-0.1, -0.05) is 13.8 Å². The van der Waals surface area contributed by atoms with Crippen molar-refractivity contribution < 1.29 is 27.6 Å². The number of hydrogen-bond acceptors (Lipinski definition) is 9. The maximum absolute atomic E-state index is 13.1. The number of sulfonamides is 1. The molecule has 33 heavy (non-hydrogen) atoms. The molecule has 0 atom stereocenters. The minimum absolute atomic E-state index is 0.110. The van der Waals surface area contributed by atoms with Crippen LogP contribution in [0.15, 0.2) is 40.3 Å². The minimum atomic E-state index is -3.99. The quantitative estimate of drug-likeness (QED) is 0.294. The van der Waals surface area contributed by atoms with Crippen molar-refractivity contribution in [1.29, 1.82) is 0 Å². The van der Waals surface area contributed by atoms with Gasteiger partial charge < -0.3 is 14.2 Å². The number of hydrogen-bond donors (Lipinski definition) is 1. The van der Waals surface area contributed by atoms with E-state index in [0.29, 0.717) is 28.5 Å². The third-order valence-corrected chi connectivity index (χ3v) is 7.02. The molecule has 2 aromatic rings. The second-order valence-electron chi connectivity index (χ2n) is 6.75. The number of nitro benzene ring substituents is 1. The lowest BCUT2D eigenvalue weighted by molar-refractivity contribution is -0.385. The first kappa shape index (κ1) is 25.9. The predicted octanol–water partition coefficient (Wildman–Crippen LogP) is 3.49. The molecule has 0 radical (unpaired) electrons. The molecule has 0 saturated carbocycles. The van der Waals surface area contributed by atoms with Crippen molar-refractivity contribution in [2.45, 2.75) is 25.7 Å². The summed E-state index contributed by atoms with van der Waals surface area (Å²) in [6.45, 7) is 5.53. The van der Waals surface area contributed by atoms with Crippen LogP contribution in [0.4, 0.5) is 11.4 Å². The highest BCUT2D eigenvalue weighted by Crippen LogP contribution is 2.38. The molecule has 0 aliphatic rings. The van der Waals surface area contributed by atoms with Crippen LogP contribution in [-0.2, 0) is 10.0 Å². The molecule has 180 valence electrons. The van der Waals surface area contributed by atoms with Crippen LogP contribution in [0, 0.1) is 10.1 Å². The van der Waals surface area contributed by atoms with E-state index in [2.05, 4.69) is 10.5 Å². The Morgan fingerprint density at radius 3 is 2.09 bits per heavy atom. The fourth-order valence-corrected chi connectivity index (χ4v) is 4.75. The van der Waals surface area contributed by atoms with Crippen molar-refractivity contribution in [2.75, 3.05) is 39.8 Å². The number of nitrogens with one attached hydrogen (secondary N) is 1. The zero-order valence-corrected chi connectivity index (χ0v) is 20.2. The maximum atomic E-state index is 13.1. The van der Waals surface area contributed by atoms with Gasteiger partial charge in [-0.25, -0.2) is 8.42 Å². The molecule has 0 aliphatic heterocycles. The number of ether oxygens (including phenoxy) is 3. The van der Waals surface area contributed by atoms with E-state index in [1.54, 1.807) is 32.9 Å². The predicted molar refractivity (Wildman–Crippen MR) is 125 cm³/mol. The van der Waals surface area contributed by atoms with Gasteiger partial charge in [0.15, 0.2) is 11.5 Å². The van der Waals surface area contributed by atoms with Crippen LogP contribution in [0.3, 0.4) is 0 Å². The van der Waals surface area contributed by atoms with E-state index < -0.39 is 14.9 Å². The van der Waals surface area contributed by atoms with Gasteiger partial charge in [0, 0.05) is 30.8 Å². The molecule has 0 heterocycles. The van der Waals surface area contributed by atoms with Gasteiger partial charge in [0.1, 0.15) is 4.90 Å². The van der Waals surface area contributed by atoms with Gasteiger partial charge in [0.05, 0.1) is 37.7 Å². The fourth-order valence-electron chi connectivity index (χ4n) is 3.13. The summed E-state index contributed by atoms with van der Waals surface area (Å²) in [5.41, 5.74) is 3.63. The van der Waals surface area contributed by atoms with E-state index in [4.69, 9.17) is 14.2 Å². The van der Waals surface area contributed by atoms with Crippen molar-refractivity contribution in [3.05, 3.63) is 46.0 Å². The maximum Gasteiger partial charge on any atom is 0.270 e. The molecule has 0 aliphatic carbocycles. The number of anilines is 1. The molecule has 0 spiro atoms. The van der Waals surface area contributed by atoms with E-state index in [9.17, 15) is 18.5 Å². The van der Waals surface area contributed by atoms with Gasteiger partial charge in [-0.15, -0.1) is 0 Å². The molecule has 0 aromatic heterocycles. The van der Waals surface area contributed by atoms with Gasteiger partial charge in [-0.3, -0.25) is 15.5 Å². The Kier molecular flexibility index (Phi) is 8.60. The molecule has 0 amide bonds. The van der Waals surface area contributed by atoms with E-state index >= 15 is 0 Å². The van der Waals surface area contributed by atoms with Crippen molar-refractivity contribution >= 4 is 27.1 Å². The molecule has 1 N–H and O–H groups in total. The Labute approximate surface area is 193 Å². The van der Waals surface area contributed by atoms with Crippen molar-refractivity contribution in [2.24, 2.45) is 5.10 Å². The van der Waals surface area contributed by atoms with E-state index in [1.165, 1.54) is 37.8 Å². The topological polar surface area (TPSA) is 133 Å². The third-order valence-electron chi connectivity index (χ3n) is 4.93. The Balaban J connectivity index is 2.54. The van der Waals surface area contributed by atoms with Gasteiger partial charge in [0.25, 0.3) is 5.69 Å².